The molecule has 1 aromatic rings. The molecule has 7 heteroatoms. The van der Waals surface area contributed by atoms with Crippen molar-refractivity contribution in [3.05, 3.63) is 35.1 Å². The van der Waals surface area contributed by atoms with E-state index in [9.17, 15) is 17.6 Å². The second kappa shape index (κ2) is 6.57. The molecule has 5 nitrogen and oxygen atoms in total. The summed E-state index contributed by atoms with van der Waals surface area (Å²) < 4.78 is 43.9. The molecule has 128 valence electrons. The first-order valence-corrected chi connectivity index (χ1v) is 9.07. The van der Waals surface area contributed by atoms with Crippen molar-refractivity contribution in [2.75, 3.05) is 13.7 Å². The minimum atomic E-state index is -3.87. The zero-order valence-corrected chi connectivity index (χ0v) is 14.5. The Hall–Kier alpha value is -1.47. The summed E-state index contributed by atoms with van der Waals surface area (Å²) in [6.45, 7) is 3.45. The number of hydrogen-bond donors (Lipinski definition) is 0. The van der Waals surface area contributed by atoms with Crippen LogP contribution in [0.2, 0.25) is 0 Å². The Bertz CT molecular complexity index is 698. The molecule has 0 N–H and O–H groups in total. The maximum atomic E-state index is 13.6. The molecule has 23 heavy (non-hydrogen) atoms. The first-order valence-electron chi connectivity index (χ1n) is 7.63. The molecule has 0 bridgehead atoms. The SMILES string of the molecule is CCOC(=O)C1(S(=O)(=O)N(C)Cc2ccc(C)c(F)c2)CCC1. The Morgan fingerprint density at radius 2 is 2.04 bits per heavy atom. The van der Waals surface area contributed by atoms with Gasteiger partial charge >= 0.3 is 5.97 Å². The van der Waals surface area contributed by atoms with Gasteiger partial charge in [-0.15, -0.1) is 0 Å². The Morgan fingerprint density at radius 3 is 2.52 bits per heavy atom. The third kappa shape index (κ3) is 3.12. The van der Waals surface area contributed by atoms with Gasteiger partial charge in [-0.05, 0) is 50.3 Å². The van der Waals surface area contributed by atoms with Gasteiger partial charge in [-0.3, -0.25) is 4.79 Å². The van der Waals surface area contributed by atoms with E-state index in [4.69, 9.17) is 4.74 Å². The Labute approximate surface area is 136 Å². The predicted octanol–water partition coefficient (Wildman–Crippen LogP) is 2.38. The highest BCUT2D eigenvalue weighted by atomic mass is 32.2. The fourth-order valence-electron chi connectivity index (χ4n) is 2.70. The van der Waals surface area contributed by atoms with E-state index >= 15 is 0 Å². The van der Waals surface area contributed by atoms with Crippen molar-refractivity contribution < 1.29 is 22.3 Å². The van der Waals surface area contributed by atoms with Crippen LogP contribution in [0.3, 0.4) is 0 Å². The molecule has 0 heterocycles. The molecule has 1 aliphatic carbocycles. The van der Waals surface area contributed by atoms with E-state index in [-0.39, 0.29) is 31.8 Å². The molecular formula is C16H22FNO4S. The summed E-state index contributed by atoms with van der Waals surface area (Å²) in [5.41, 5.74) is 1.04. The smallest absolute Gasteiger partial charge is 0.328 e. The molecule has 1 fully saturated rings. The third-order valence-electron chi connectivity index (χ3n) is 4.35. The number of nitrogens with zero attached hydrogens (tertiary/aromatic N) is 1. The normalized spacial score (nSPS) is 16.9. The molecular weight excluding hydrogens is 321 g/mol. The van der Waals surface area contributed by atoms with Crippen LogP contribution in [-0.4, -0.2) is 37.1 Å². The first-order chi connectivity index (χ1) is 10.7. The monoisotopic (exact) mass is 343 g/mol. The van der Waals surface area contributed by atoms with Crippen LogP contribution in [0.25, 0.3) is 0 Å². The number of carbonyl (C=O) groups is 1. The molecule has 0 atom stereocenters. The van der Waals surface area contributed by atoms with Crippen LogP contribution in [-0.2, 0) is 26.1 Å². The Balaban J connectivity index is 2.23. The van der Waals surface area contributed by atoms with Crippen molar-refractivity contribution in [3.63, 3.8) is 0 Å². The number of carbonyl (C=O) groups excluding carboxylic acids is 1. The van der Waals surface area contributed by atoms with Gasteiger partial charge in [-0.2, -0.15) is 4.31 Å². The highest BCUT2D eigenvalue weighted by molar-refractivity contribution is 7.91. The van der Waals surface area contributed by atoms with Crippen LogP contribution < -0.4 is 0 Å². The minimum Gasteiger partial charge on any atom is -0.465 e. The van der Waals surface area contributed by atoms with E-state index < -0.39 is 20.7 Å². The first kappa shape index (κ1) is 17.9. The van der Waals surface area contributed by atoms with Crippen LogP contribution in [0, 0.1) is 12.7 Å². The molecule has 0 radical (unpaired) electrons. The van der Waals surface area contributed by atoms with Gasteiger partial charge in [0, 0.05) is 13.6 Å². The zero-order valence-electron chi connectivity index (χ0n) is 13.6. The molecule has 0 saturated heterocycles. The summed E-state index contributed by atoms with van der Waals surface area (Å²) in [7, 11) is -2.46. The Kier molecular flexibility index (Phi) is 5.10. The van der Waals surface area contributed by atoms with E-state index in [0.717, 1.165) is 4.31 Å². The van der Waals surface area contributed by atoms with Crippen LogP contribution in [0.15, 0.2) is 18.2 Å². The van der Waals surface area contributed by atoms with Crippen LogP contribution >= 0.6 is 0 Å². The van der Waals surface area contributed by atoms with E-state index in [1.54, 1.807) is 26.0 Å². The van der Waals surface area contributed by atoms with Gasteiger partial charge in [-0.25, -0.2) is 12.8 Å². The quantitative estimate of drug-likeness (QED) is 0.744. The van der Waals surface area contributed by atoms with Gasteiger partial charge in [-0.1, -0.05) is 12.1 Å². The lowest BCUT2D eigenvalue weighted by atomic mass is 9.84. The molecule has 0 aromatic heterocycles. The van der Waals surface area contributed by atoms with Gasteiger partial charge in [0.2, 0.25) is 10.0 Å². The van der Waals surface area contributed by atoms with Crippen molar-refractivity contribution in [3.8, 4) is 0 Å². The lowest BCUT2D eigenvalue weighted by Gasteiger charge is -2.40. The number of halogens is 1. The average Bonchev–Trinajstić information content (AvgIpc) is 2.41. The number of esters is 1. The lowest BCUT2D eigenvalue weighted by Crippen LogP contribution is -2.57. The molecule has 1 aromatic carbocycles. The third-order valence-corrected chi connectivity index (χ3v) is 6.87. The summed E-state index contributed by atoms with van der Waals surface area (Å²) in [5, 5.41) is 0. The maximum absolute atomic E-state index is 13.6. The van der Waals surface area contributed by atoms with Gasteiger partial charge in [0.05, 0.1) is 6.61 Å². The second-order valence-corrected chi connectivity index (χ2v) is 8.27. The summed E-state index contributed by atoms with van der Waals surface area (Å²) in [4.78, 5) is 12.2. The number of aryl methyl sites for hydroxylation is 1. The zero-order chi connectivity index (χ0) is 17.3. The predicted molar refractivity (Wildman–Crippen MR) is 84.7 cm³/mol. The maximum Gasteiger partial charge on any atom is 0.328 e. The largest absolute Gasteiger partial charge is 0.465 e. The van der Waals surface area contributed by atoms with Crippen LogP contribution in [0.1, 0.15) is 37.3 Å². The molecule has 1 saturated carbocycles. The van der Waals surface area contributed by atoms with E-state index in [1.165, 1.54) is 13.1 Å². The molecule has 0 spiro atoms. The van der Waals surface area contributed by atoms with Crippen molar-refractivity contribution >= 4 is 16.0 Å². The summed E-state index contributed by atoms with van der Waals surface area (Å²) >= 11 is 0. The number of sulfonamides is 1. The second-order valence-electron chi connectivity index (χ2n) is 5.91. The molecule has 0 aliphatic heterocycles. The minimum absolute atomic E-state index is 0.0146. The fourth-order valence-corrected chi connectivity index (χ4v) is 4.69. The summed E-state index contributed by atoms with van der Waals surface area (Å²) in [6.07, 6.45) is 1.20. The van der Waals surface area contributed by atoms with E-state index in [1.807, 2.05) is 0 Å². The van der Waals surface area contributed by atoms with E-state index in [0.29, 0.717) is 17.5 Å². The molecule has 2 rings (SSSR count). The summed E-state index contributed by atoms with van der Waals surface area (Å²) in [6, 6.07) is 4.61. The van der Waals surface area contributed by atoms with E-state index in [2.05, 4.69) is 0 Å². The van der Waals surface area contributed by atoms with Crippen molar-refractivity contribution in [1.29, 1.82) is 0 Å². The highest BCUT2D eigenvalue weighted by Crippen LogP contribution is 2.42. The number of benzene rings is 1. The van der Waals surface area contributed by atoms with Crippen molar-refractivity contribution in [2.24, 2.45) is 0 Å². The van der Waals surface area contributed by atoms with Crippen LogP contribution in [0.4, 0.5) is 4.39 Å². The topological polar surface area (TPSA) is 63.7 Å². The number of rotatable bonds is 6. The van der Waals surface area contributed by atoms with Gasteiger partial charge in [0.1, 0.15) is 5.82 Å². The number of ether oxygens (including phenoxy) is 1. The van der Waals surface area contributed by atoms with Gasteiger partial charge < -0.3 is 4.74 Å². The fraction of sp³-hybridized carbons (Fsp3) is 0.562. The van der Waals surface area contributed by atoms with Gasteiger partial charge in [0.15, 0.2) is 4.75 Å². The standard InChI is InChI=1S/C16H22FNO4S/c1-4-22-15(19)16(8-5-9-16)23(20,21)18(3)11-13-7-6-12(2)14(17)10-13/h6-7,10H,4-5,8-9,11H2,1-3H3. The average molecular weight is 343 g/mol. The Morgan fingerprint density at radius 1 is 1.39 bits per heavy atom. The van der Waals surface area contributed by atoms with Crippen molar-refractivity contribution in [2.45, 2.75) is 44.4 Å². The van der Waals surface area contributed by atoms with Crippen LogP contribution in [0.5, 0.6) is 0 Å². The summed E-state index contributed by atoms with van der Waals surface area (Å²) in [5.74, 6) is -1.06. The highest BCUT2D eigenvalue weighted by Gasteiger charge is 2.58. The molecule has 1 aliphatic rings. The van der Waals surface area contributed by atoms with Gasteiger partial charge in [0.25, 0.3) is 0 Å². The molecule has 0 unspecified atom stereocenters. The molecule has 0 amide bonds. The number of hydrogen-bond acceptors (Lipinski definition) is 4. The lowest BCUT2D eigenvalue weighted by molar-refractivity contribution is -0.148. The van der Waals surface area contributed by atoms with Crippen molar-refractivity contribution in [1.82, 2.24) is 4.31 Å².